The highest BCUT2D eigenvalue weighted by Gasteiger charge is 2.77. The third kappa shape index (κ3) is 5.62. The Morgan fingerprint density at radius 1 is 1.05 bits per heavy atom. The molecule has 3 aliphatic heterocycles. The monoisotopic (exact) mass is 581 g/mol. The second-order valence-electron chi connectivity index (χ2n) is 12.9. The molecule has 0 aromatic heterocycles. The van der Waals surface area contributed by atoms with Crippen molar-refractivity contribution in [3.05, 3.63) is 55.6 Å². The number of aliphatic hydroxyl groups excluding tert-OH is 1. The van der Waals surface area contributed by atoms with Gasteiger partial charge in [-0.25, -0.2) is 0 Å². The molecular weight excluding hydrogens is 534 g/mol. The highest BCUT2D eigenvalue weighted by Crippen LogP contribution is 2.71. The van der Waals surface area contributed by atoms with E-state index in [0.717, 1.165) is 44.2 Å². The molecule has 1 aromatic rings. The first-order chi connectivity index (χ1) is 19.5. The molecule has 8 heteroatoms. The molecule has 224 valence electrons. The van der Waals surface area contributed by atoms with Gasteiger partial charge in [0.05, 0.1) is 16.6 Å². The fraction of sp³-hybridized carbons (Fsp3) is 0.606. The second kappa shape index (κ2) is 12.3. The number of thioether (sulfide) groups is 1. The molecule has 41 heavy (non-hydrogen) atoms. The molecule has 3 fully saturated rings. The van der Waals surface area contributed by atoms with Crippen LogP contribution in [0.25, 0.3) is 0 Å². The van der Waals surface area contributed by atoms with Gasteiger partial charge in [0.15, 0.2) is 0 Å². The molecule has 3 amide bonds. The predicted molar refractivity (Wildman–Crippen MR) is 167 cm³/mol. The Bertz CT molecular complexity index is 1150. The molecular formula is C33H47N3O4S. The number of unbranched alkanes of at least 4 members (excludes halogenated alkanes) is 3. The summed E-state index contributed by atoms with van der Waals surface area (Å²) in [5.41, 5.74) is 0.330. The van der Waals surface area contributed by atoms with E-state index in [9.17, 15) is 19.5 Å². The van der Waals surface area contributed by atoms with Crippen LogP contribution in [0.5, 0.6) is 0 Å². The zero-order chi connectivity index (χ0) is 30.0. The Morgan fingerprint density at radius 3 is 2.32 bits per heavy atom. The molecule has 5 atom stereocenters. The number of likely N-dealkylation sites (tertiary alicyclic amines) is 1. The molecule has 4 rings (SSSR count). The largest absolute Gasteiger partial charge is 0.396 e. The number of fused-ring (bicyclic) bond motifs is 1. The van der Waals surface area contributed by atoms with Gasteiger partial charge < -0.3 is 19.8 Å². The van der Waals surface area contributed by atoms with Crippen LogP contribution in [-0.4, -0.2) is 79.9 Å². The van der Waals surface area contributed by atoms with Crippen molar-refractivity contribution in [2.24, 2.45) is 11.8 Å². The Balaban J connectivity index is 1.76. The third-order valence-electron chi connectivity index (χ3n) is 9.12. The smallest absolute Gasteiger partial charge is 0.247 e. The van der Waals surface area contributed by atoms with Gasteiger partial charge in [-0.05, 0) is 65.5 Å². The van der Waals surface area contributed by atoms with Crippen molar-refractivity contribution < 1.29 is 19.5 Å². The summed E-state index contributed by atoms with van der Waals surface area (Å²) in [4.78, 5) is 49.0. The number of anilines is 1. The molecule has 1 spiro atoms. The van der Waals surface area contributed by atoms with Crippen LogP contribution in [0.1, 0.15) is 66.2 Å². The van der Waals surface area contributed by atoms with E-state index < -0.39 is 32.9 Å². The average molecular weight is 582 g/mol. The molecule has 3 saturated heterocycles. The van der Waals surface area contributed by atoms with E-state index in [0.29, 0.717) is 19.6 Å². The fourth-order valence-corrected chi connectivity index (χ4v) is 9.61. The van der Waals surface area contributed by atoms with E-state index in [4.69, 9.17) is 0 Å². The lowest BCUT2D eigenvalue weighted by atomic mass is 9.66. The van der Waals surface area contributed by atoms with Crippen molar-refractivity contribution in [1.82, 2.24) is 9.80 Å². The topological polar surface area (TPSA) is 81.2 Å². The molecule has 3 aliphatic rings. The van der Waals surface area contributed by atoms with Crippen LogP contribution in [0.2, 0.25) is 0 Å². The number of aliphatic hydroxyl groups is 1. The number of carbonyl (C=O) groups is 3. The third-order valence-corrected chi connectivity index (χ3v) is 11.1. The van der Waals surface area contributed by atoms with E-state index in [1.165, 1.54) is 0 Å². The van der Waals surface area contributed by atoms with Crippen molar-refractivity contribution in [2.45, 2.75) is 87.3 Å². The highest BCUT2D eigenvalue weighted by molar-refractivity contribution is 8.02. The molecule has 7 nitrogen and oxygen atoms in total. The number of rotatable bonds is 13. The summed E-state index contributed by atoms with van der Waals surface area (Å²) < 4.78 is -1.10. The minimum absolute atomic E-state index is 0.0561. The molecule has 2 bridgehead atoms. The lowest BCUT2D eigenvalue weighted by molar-refractivity contribution is -0.145. The minimum atomic E-state index is -0.657. The number of carbonyl (C=O) groups excluding carboxylic acids is 3. The lowest BCUT2D eigenvalue weighted by Crippen LogP contribution is -2.59. The van der Waals surface area contributed by atoms with Gasteiger partial charge in [0.1, 0.15) is 6.04 Å². The quantitative estimate of drug-likeness (QED) is 0.260. The van der Waals surface area contributed by atoms with Crippen LogP contribution < -0.4 is 4.90 Å². The first-order valence-corrected chi connectivity index (χ1v) is 15.8. The Hall–Kier alpha value is -2.58. The Morgan fingerprint density at radius 2 is 1.71 bits per heavy atom. The van der Waals surface area contributed by atoms with Crippen LogP contribution in [0.15, 0.2) is 55.6 Å². The fourth-order valence-electron chi connectivity index (χ4n) is 7.27. The van der Waals surface area contributed by atoms with Gasteiger partial charge in [-0.3, -0.25) is 14.4 Å². The van der Waals surface area contributed by atoms with Gasteiger partial charge in [0.25, 0.3) is 0 Å². The summed E-state index contributed by atoms with van der Waals surface area (Å²) in [6, 6.07) is 8.93. The normalized spacial score (nSPS) is 28.5. The molecule has 0 saturated carbocycles. The van der Waals surface area contributed by atoms with Crippen molar-refractivity contribution in [3.63, 3.8) is 0 Å². The van der Waals surface area contributed by atoms with Gasteiger partial charge in [-0.15, -0.1) is 24.9 Å². The summed E-state index contributed by atoms with van der Waals surface area (Å²) in [6.45, 7) is 17.3. The summed E-state index contributed by atoms with van der Waals surface area (Å²) in [5, 5.41) is 9.20. The maximum absolute atomic E-state index is 14.6. The SMILES string of the molecule is C=CCN(C(=O)[C@H]1[C@H]2C(=O)N(CCCCCCO)C(C(=O)N(CC=C)C(C)(C)C)C23CC[C@]1(C)S3)c1ccccc1. The molecule has 3 heterocycles. The summed E-state index contributed by atoms with van der Waals surface area (Å²) >= 11 is 1.71. The first-order valence-electron chi connectivity index (χ1n) is 15.0. The van der Waals surface area contributed by atoms with E-state index in [1.54, 1.807) is 28.8 Å². The van der Waals surface area contributed by atoms with Crippen LogP contribution >= 0.6 is 11.8 Å². The van der Waals surface area contributed by atoms with Crippen LogP contribution in [0.3, 0.4) is 0 Å². The van der Waals surface area contributed by atoms with Gasteiger partial charge in [0.2, 0.25) is 17.7 Å². The molecule has 0 aliphatic carbocycles. The standard InChI is InChI=1S/C33H47N3O4S/c1-7-20-34(24-16-12-11-13-17-24)28(38)25-26-29(39)35(22-14-9-10-15-23-37)27(33(26)19-18-32(25,6)41-33)30(40)36(21-8-2)31(3,4)5/h7-8,11-13,16-17,25-27,37H,1-2,9-10,14-15,18-23H2,3-6H3/t25-,26+,27?,32+,33?/m1/s1. The van der Waals surface area contributed by atoms with Crippen LogP contribution in [0.4, 0.5) is 5.69 Å². The van der Waals surface area contributed by atoms with E-state index in [-0.39, 0.29) is 24.3 Å². The van der Waals surface area contributed by atoms with Crippen LogP contribution in [-0.2, 0) is 14.4 Å². The molecule has 0 radical (unpaired) electrons. The van der Waals surface area contributed by atoms with E-state index in [2.05, 4.69) is 20.1 Å². The maximum Gasteiger partial charge on any atom is 0.247 e. The van der Waals surface area contributed by atoms with Crippen molar-refractivity contribution in [1.29, 1.82) is 0 Å². The molecule has 1 N–H and O–H groups in total. The first kappa shape index (κ1) is 31.4. The second-order valence-corrected chi connectivity index (χ2v) is 14.8. The number of nitrogens with zero attached hydrogens (tertiary/aromatic N) is 3. The molecule has 1 aromatic carbocycles. The van der Waals surface area contributed by atoms with Gasteiger partial charge in [-0.2, -0.15) is 0 Å². The zero-order valence-corrected chi connectivity index (χ0v) is 26.0. The van der Waals surface area contributed by atoms with Gasteiger partial charge in [-0.1, -0.05) is 43.2 Å². The minimum Gasteiger partial charge on any atom is -0.396 e. The van der Waals surface area contributed by atoms with Crippen LogP contribution in [0, 0.1) is 11.8 Å². The van der Waals surface area contributed by atoms with Gasteiger partial charge >= 0.3 is 0 Å². The number of hydrogen-bond donors (Lipinski definition) is 1. The molecule has 2 unspecified atom stereocenters. The number of para-hydroxylation sites is 1. The van der Waals surface area contributed by atoms with Crippen molar-refractivity contribution >= 4 is 35.2 Å². The number of amides is 3. The number of benzene rings is 1. The summed E-state index contributed by atoms with van der Waals surface area (Å²) in [5.74, 6) is -1.29. The Kier molecular flexibility index (Phi) is 9.44. The van der Waals surface area contributed by atoms with Crippen molar-refractivity contribution in [2.75, 3.05) is 31.1 Å². The predicted octanol–water partition coefficient (Wildman–Crippen LogP) is 5.05. The van der Waals surface area contributed by atoms with E-state index in [1.807, 2.05) is 60.9 Å². The average Bonchev–Trinajstić information content (AvgIpc) is 3.50. The zero-order valence-electron chi connectivity index (χ0n) is 25.2. The summed E-state index contributed by atoms with van der Waals surface area (Å²) in [7, 11) is 0. The lowest BCUT2D eigenvalue weighted by Gasteiger charge is -2.42. The maximum atomic E-state index is 14.6. The van der Waals surface area contributed by atoms with Gasteiger partial charge in [0, 0.05) is 42.2 Å². The summed E-state index contributed by atoms with van der Waals surface area (Å²) in [6.07, 6.45) is 8.19. The highest BCUT2D eigenvalue weighted by atomic mass is 32.2. The number of hydrogen-bond acceptors (Lipinski definition) is 5. The Labute approximate surface area is 250 Å². The van der Waals surface area contributed by atoms with Crippen molar-refractivity contribution in [3.8, 4) is 0 Å². The van der Waals surface area contributed by atoms with E-state index >= 15 is 0 Å².